The van der Waals surface area contributed by atoms with E-state index in [-0.39, 0.29) is 11.9 Å². The number of benzene rings is 1. The molecule has 3 heterocycles. The van der Waals surface area contributed by atoms with Crippen molar-refractivity contribution in [2.45, 2.75) is 19.9 Å². The van der Waals surface area contributed by atoms with Crippen LogP contribution < -0.4 is 10.1 Å². The summed E-state index contributed by atoms with van der Waals surface area (Å²) in [5, 5.41) is 12.7. The second-order valence-electron chi connectivity index (χ2n) is 7.30. The number of nitrogens with one attached hydrogen (secondary N) is 1. The van der Waals surface area contributed by atoms with Crippen molar-refractivity contribution in [2.75, 3.05) is 7.11 Å². The van der Waals surface area contributed by atoms with Crippen molar-refractivity contribution in [2.24, 2.45) is 14.1 Å². The largest absolute Gasteiger partial charge is 0.497 e. The van der Waals surface area contributed by atoms with Crippen LogP contribution in [0.15, 0.2) is 42.6 Å². The third-order valence-electron chi connectivity index (χ3n) is 5.12. The summed E-state index contributed by atoms with van der Waals surface area (Å²) in [6.07, 6.45) is 1.86. The summed E-state index contributed by atoms with van der Waals surface area (Å²) in [4.78, 5) is 18.0. The average molecular weight is 404 g/mol. The summed E-state index contributed by atoms with van der Waals surface area (Å²) in [6, 6.07) is 11.1. The fourth-order valence-corrected chi connectivity index (χ4v) is 3.55. The summed E-state index contributed by atoms with van der Waals surface area (Å²) in [7, 11) is 5.31. The molecule has 4 rings (SSSR count). The van der Waals surface area contributed by atoms with Crippen molar-refractivity contribution in [1.29, 1.82) is 0 Å². The molecule has 0 saturated heterocycles. The quantitative estimate of drug-likeness (QED) is 0.552. The van der Waals surface area contributed by atoms with Gasteiger partial charge in [-0.25, -0.2) is 4.98 Å². The standard InChI is InChI=1S/C22H24N6O2/c1-13(18-10-11-27(3)26-18)23-22(29)17-12-19(15-6-8-16(30-5)9-7-15)24-21-20(17)14(2)25-28(21)4/h6-13H,1-5H3,(H,23,29). The van der Waals surface area contributed by atoms with Gasteiger partial charge in [-0.1, -0.05) is 0 Å². The third kappa shape index (κ3) is 3.52. The number of hydrogen-bond acceptors (Lipinski definition) is 5. The van der Waals surface area contributed by atoms with Gasteiger partial charge in [-0.05, 0) is 50.2 Å². The molecule has 154 valence electrons. The van der Waals surface area contributed by atoms with Crippen LogP contribution in [0.4, 0.5) is 0 Å². The molecule has 0 fully saturated rings. The zero-order valence-corrected chi connectivity index (χ0v) is 17.7. The van der Waals surface area contributed by atoms with Crippen LogP contribution >= 0.6 is 0 Å². The first-order chi connectivity index (χ1) is 14.4. The van der Waals surface area contributed by atoms with Crippen molar-refractivity contribution >= 4 is 16.9 Å². The van der Waals surface area contributed by atoms with Crippen LogP contribution in [0, 0.1) is 6.92 Å². The Kier molecular flexibility index (Phi) is 4.99. The number of aryl methyl sites for hydroxylation is 3. The fourth-order valence-electron chi connectivity index (χ4n) is 3.55. The van der Waals surface area contributed by atoms with Gasteiger partial charge in [-0.2, -0.15) is 10.2 Å². The molecule has 1 aromatic carbocycles. The predicted octanol–water partition coefficient (Wildman–Crippen LogP) is 3.18. The van der Waals surface area contributed by atoms with Crippen molar-refractivity contribution in [1.82, 2.24) is 29.9 Å². The Morgan fingerprint density at radius 3 is 2.50 bits per heavy atom. The Morgan fingerprint density at radius 1 is 1.13 bits per heavy atom. The Hall–Kier alpha value is -3.68. The number of fused-ring (bicyclic) bond motifs is 1. The Labute approximate surface area is 174 Å². The van der Waals surface area contributed by atoms with E-state index >= 15 is 0 Å². The molecule has 8 heteroatoms. The minimum atomic E-state index is -0.233. The van der Waals surface area contributed by atoms with E-state index in [0.717, 1.165) is 28.1 Å². The maximum atomic E-state index is 13.3. The smallest absolute Gasteiger partial charge is 0.252 e. The van der Waals surface area contributed by atoms with Gasteiger partial charge in [0.2, 0.25) is 0 Å². The lowest BCUT2D eigenvalue weighted by molar-refractivity contribution is 0.0940. The average Bonchev–Trinajstić information content (AvgIpc) is 3.30. The first-order valence-electron chi connectivity index (χ1n) is 9.66. The van der Waals surface area contributed by atoms with Crippen LogP contribution in [-0.2, 0) is 14.1 Å². The van der Waals surface area contributed by atoms with Gasteiger partial charge < -0.3 is 10.1 Å². The molecule has 1 N–H and O–H groups in total. The topological polar surface area (TPSA) is 86.9 Å². The van der Waals surface area contributed by atoms with E-state index in [1.54, 1.807) is 16.5 Å². The second-order valence-corrected chi connectivity index (χ2v) is 7.30. The first kappa shape index (κ1) is 19.6. The number of hydrogen-bond donors (Lipinski definition) is 1. The molecule has 3 aromatic heterocycles. The molecule has 0 bridgehead atoms. The first-order valence-corrected chi connectivity index (χ1v) is 9.66. The molecular weight excluding hydrogens is 380 g/mol. The van der Waals surface area contributed by atoms with Crippen LogP contribution in [0.5, 0.6) is 5.75 Å². The van der Waals surface area contributed by atoms with E-state index in [9.17, 15) is 4.79 Å². The van der Waals surface area contributed by atoms with Gasteiger partial charge in [0.15, 0.2) is 5.65 Å². The van der Waals surface area contributed by atoms with E-state index in [2.05, 4.69) is 15.5 Å². The monoisotopic (exact) mass is 404 g/mol. The van der Waals surface area contributed by atoms with E-state index in [1.165, 1.54) is 0 Å². The molecule has 30 heavy (non-hydrogen) atoms. The van der Waals surface area contributed by atoms with Crippen LogP contribution in [0.3, 0.4) is 0 Å². The zero-order valence-electron chi connectivity index (χ0n) is 17.7. The van der Waals surface area contributed by atoms with Crippen molar-refractivity contribution in [3.05, 3.63) is 59.5 Å². The predicted molar refractivity (Wildman–Crippen MR) is 114 cm³/mol. The summed E-state index contributed by atoms with van der Waals surface area (Å²) in [6.45, 7) is 3.80. The highest BCUT2D eigenvalue weighted by Crippen LogP contribution is 2.28. The zero-order chi connectivity index (χ0) is 21.4. The van der Waals surface area contributed by atoms with Crippen molar-refractivity contribution in [3.8, 4) is 17.0 Å². The van der Waals surface area contributed by atoms with Gasteiger partial charge >= 0.3 is 0 Å². The summed E-state index contributed by atoms with van der Waals surface area (Å²) in [5.41, 5.74) is 4.36. The van der Waals surface area contributed by atoms with Gasteiger partial charge in [0.25, 0.3) is 5.91 Å². The highest BCUT2D eigenvalue weighted by atomic mass is 16.5. The molecule has 0 aliphatic rings. The number of pyridine rings is 1. The number of aromatic nitrogens is 5. The molecule has 0 saturated carbocycles. The molecule has 0 aliphatic heterocycles. The van der Waals surface area contributed by atoms with Crippen molar-refractivity contribution in [3.63, 3.8) is 0 Å². The van der Waals surface area contributed by atoms with Gasteiger partial charge in [0.05, 0.1) is 41.2 Å². The molecule has 0 radical (unpaired) electrons. The number of nitrogens with zero attached hydrogens (tertiary/aromatic N) is 5. The molecule has 4 aromatic rings. The summed E-state index contributed by atoms with van der Waals surface area (Å²) in [5.74, 6) is 0.574. The SMILES string of the molecule is COc1ccc(-c2cc(C(=O)NC(C)c3ccn(C)n3)c3c(C)nn(C)c3n2)cc1. The minimum absolute atomic E-state index is 0.189. The lowest BCUT2D eigenvalue weighted by atomic mass is 10.0. The fraction of sp³-hybridized carbons (Fsp3) is 0.273. The van der Waals surface area contributed by atoms with Crippen molar-refractivity contribution < 1.29 is 9.53 Å². The van der Waals surface area contributed by atoms with Crippen LogP contribution in [0.2, 0.25) is 0 Å². The number of rotatable bonds is 5. The normalized spacial score (nSPS) is 12.2. The molecule has 1 amide bonds. The summed E-state index contributed by atoms with van der Waals surface area (Å²) >= 11 is 0. The Bertz CT molecular complexity index is 1220. The van der Waals surface area contributed by atoms with Crippen LogP contribution in [-0.4, -0.2) is 37.6 Å². The lowest BCUT2D eigenvalue weighted by Gasteiger charge is -2.13. The van der Waals surface area contributed by atoms with Gasteiger partial charge in [0.1, 0.15) is 5.75 Å². The third-order valence-corrected chi connectivity index (χ3v) is 5.12. The maximum absolute atomic E-state index is 13.3. The molecule has 1 atom stereocenters. The Balaban J connectivity index is 1.77. The van der Waals surface area contributed by atoms with Crippen LogP contribution in [0.25, 0.3) is 22.3 Å². The maximum Gasteiger partial charge on any atom is 0.252 e. The number of carbonyl (C=O) groups is 1. The van der Waals surface area contributed by atoms with Gasteiger partial charge in [0, 0.05) is 25.9 Å². The number of ether oxygens (including phenoxy) is 1. The van der Waals surface area contributed by atoms with Gasteiger partial charge in [-0.15, -0.1) is 0 Å². The lowest BCUT2D eigenvalue weighted by Crippen LogP contribution is -2.27. The number of amides is 1. The highest BCUT2D eigenvalue weighted by Gasteiger charge is 2.21. The van der Waals surface area contributed by atoms with E-state index in [4.69, 9.17) is 9.72 Å². The van der Waals surface area contributed by atoms with E-state index in [0.29, 0.717) is 16.9 Å². The molecule has 8 nitrogen and oxygen atoms in total. The molecule has 1 unspecified atom stereocenters. The number of carbonyl (C=O) groups excluding carboxylic acids is 1. The minimum Gasteiger partial charge on any atom is -0.497 e. The van der Waals surface area contributed by atoms with Crippen LogP contribution in [0.1, 0.15) is 34.7 Å². The highest BCUT2D eigenvalue weighted by molar-refractivity contribution is 6.07. The number of methoxy groups -OCH3 is 1. The molecule has 0 aliphatic carbocycles. The van der Waals surface area contributed by atoms with E-state index < -0.39 is 0 Å². The summed E-state index contributed by atoms with van der Waals surface area (Å²) < 4.78 is 8.66. The van der Waals surface area contributed by atoms with E-state index in [1.807, 2.05) is 70.5 Å². The molecule has 0 spiro atoms. The van der Waals surface area contributed by atoms with Gasteiger partial charge in [-0.3, -0.25) is 14.2 Å². The Morgan fingerprint density at radius 2 is 1.87 bits per heavy atom. The second kappa shape index (κ2) is 7.62. The molecular formula is C22H24N6O2.